The Hall–Kier alpha value is -1.74. The van der Waals surface area contributed by atoms with Crippen molar-refractivity contribution in [3.63, 3.8) is 0 Å². The molecule has 88 valence electrons. The van der Waals surface area contributed by atoms with Gasteiger partial charge < -0.3 is 5.11 Å². The number of pyridine rings is 2. The van der Waals surface area contributed by atoms with Crippen LogP contribution in [0.4, 0.5) is 0 Å². The summed E-state index contributed by atoms with van der Waals surface area (Å²) in [6, 6.07) is 7.83. The van der Waals surface area contributed by atoms with Gasteiger partial charge in [-0.1, -0.05) is 12.1 Å². The van der Waals surface area contributed by atoms with Crippen molar-refractivity contribution in [2.75, 3.05) is 0 Å². The lowest BCUT2D eigenvalue weighted by Gasteiger charge is -2.09. The zero-order valence-electron chi connectivity index (χ0n) is 9.66. The molecule has 1 unspecified atom stereocenters. The van der Waals surface area contributed by atoms with Crippen molar-refractivity contribution in [1.29, 1.82) is 0 Å². The van der Waals surface area contributed by atoms with Gasteiger partial charge in [-0.3, -0.25) is 9.97 Å². The highest BCUT2D eigenvalue weighted by Gasteiger charge is 2.06. The Balaban J connectivity index is 1.80. The van der Waals surface area contributed by atoms with E-state index in [9.17, 15) is 5.11 Å². The van der Waals surface area contributed by atoms with E-state index in [-0.39, 0.29) is 6.10 Å². The van der Waals surface area contributed by atoms with Gasteiger partial charge in [0.25, 0.3) is 0 Å². The van der Waals surface area contributed by atoms with Crippen molar-refractivity contribution >= 4 is 0 Å². The van der Waals surface area contributed by atoms with Crippen LogP contribution in [0, 0.1) is 0 Å². The molecule has 0 fully saturated rings. The van der Waals surface area contributed by atoms with Crippen LogP contribution in [0.5, 0.6) is 0 Å². The smallest absolute Gasteiger partial charge is 0.0584 e. The summed E-state index contributed by atoms with van der Waals surface area (Å²) in [5.41, 5.74) is 2.24. The van der Waals surface area contributed by atoms with Crippen molar-refractivity contribution in [2.24, 2.45) is 0 Å². The monoisotopic (exact) mass is 228 g/mol. The highest BCUT2D eigenvalue weighted by atomic mass is 16.3. The summed E-state index contributed by atoms with van der Waals surface area (Å²) in [6.07, 6.45) is 9.09. The quantitative estimate of drug-likeness (QED) is 0.851. The lowest BCUT2D eigenvalue weighted by atomic mass is 10.0. The highest BCUT2D eigenvalue weighted by molar-refractivity contribution is 5.11. The maximum Gasteiger partial charge on any atom is 0.0584 e. The normalized spacial score (nSPS) is 12.3. The van der Waals surface area contributed by atoms with Crippen LogP contribution in [-0.4, -0.2) is 21.2 Å². The molecule has 2 rings (SSSR count). The Morgan fingerprint density at radius 2 is 1.65 bits per heavy atom. The minimum Gasteiger partial charge on any atom is -0.393 e. The molecule has 17 heavy (non-hydrogen) atoms. The van der Waals surface area contributed by atoms with Crippen molar-refractivity contribution in [2.45, 2.75) is 25.4 Å². The molecule has 3 nitrogen and oxygen atoms in total. The Labute approximate surface area is 101 Å². The summed E-state index contributed by atoms with van der Waals surface area (Å²) in [5.74, 6) is 0. The first-order chi connectivity index (χ1) is 8.34. The molecule has 0 saturated heterocycles. The molecule has 0 aromatic carbocycles. The second-order valence-electron chi connectivity index (χ2n) is 4.12. The Bertz CT molecular complexity index is 430. The average molecular weight is 228 g/mol. The summed E-state index contributed by atoms with van der Waals surface area (Å²) in [6.45, 7) is 0. The first-order valence-electron chi connectivity index (χ1n) is 5.80. The predicted octanol–water partition coefficient (Wildman–Crippen LogP) is 2.01. The fraction of sp³-hybridized carbons (Fsp3) is 0.286. The van der Waals surface area contributed by atoms with Gasteiger partial charge in [0.15, 0.2) is 0 Å². The van der Waals surface area contributed by atoms with Crippen molar-refractivity contribution < 1.29 is 5.11 Å². The molecule has 2 heterocycles. The first kappa shape index (κ1) is 11.7. The molecule has 0 spiro atoms. The number of aliphatic hydroxyl groups is 1. The number of hydrogen-bond acceptors (Lipinski definition) is 3. The summed E-state index contributed by atoms with van der Waals surface area (Å²) < 4.78 is 0. The SMILES string of the molecule is OC(CCc1cccnc1)Cc1cccnc1. The zero-order valence-corrected chi connectivity index (χ0v) is 9.66. The zero-order chi connectivity index (χ0) is 11.9. The van der Waals surface area contributed by atoms with Gasteiger partial charge in [-0.15, -0.1) is 0 Å². The molecule has 2 aromatic rings. The lowest BCUT2D eigenvalue weighted by molar-refractivity contribution is 0.165. The van der Waals surface area contributed by atoms with Crippen LogP contribution in [0.1, 0.15) is 17.5 Å². The Kier molecular flexibility index (Phi) is 4.22. The van der Waals surface area contributed by atoms with Gasteiger partial charge in [-0.25, -0.2) is 0 Å². The minimum atomic E-state index is -0.320. The molecule has 3 heteroatoms. The molecule has 0 saturated carbocycles. The van der Waals surface area contributed by atoms with E-state index in [0.717, 1.165) is 24.0 Å². The number of rotatable bonds is 5. The van der Waals surface area contributed by atoms with E-state index < -0.39 is 0 Å². The van der Waals surface area contributed by atoms with E-state index in [4.69, 9.17) is 0 Å². The Morgan fingerprint density at radius 1 is 1.00 bits per heavy atom. The third kappa shape index (κ3) is 3.96. The van der Waals surface area contributed by atoms with Crippen LogP contribution >= 0.6 is 0 Å². The van der Waals surface area contributed by atoms with Gasteiger partial charge in [0, 0.05) is 24.8 Å². The largest absolute Gasteiger partial charge is 0.393 e. The highest BCUT2D eigenvalue weighted by Crippen LogP contribution is 2.08. The minimum absolute atomic E-state index is 0.320. The van der Waals surface area contributed by atoms with Crippen LogP contribution in [0.25, 0.3) is 0 Å². The third-order valence-corrected chi connectivity index (χ3v) is 2.68. The van der Waals surface area contributed by atoms with E-state index in [1.165, 1.54) is 0 Å². The number of hydrogen-bond donors (Lipinski definition) is 1. The van der Waals surface area contributed by atoms with Crippen LogP contribution in [-0.2, 0) is 12.8 Å². The maximum atomic E-state index is 9.92. The van der Waals surface area contributed by atoms with Crippen LogP contribution < -0.4 is 0 Å². The molecule has 1 atom stereocenters. The van der Waals surface area contributed by atoms with E-state index in [2.05, 4.69) is 9.97 Å². The topological polar surface area (TPSA) is 46.0 Å². The summed E-state index contributed by atoms with van der Waals surface area (Å²) in [7, 11) is 0. The van der Waals surface area contributed by atoms with Crippen LogP contribution in [0.2, 0.25) is 0 Å². The van der Waals surface area contributed by atoms with Gasteiger partial charge in [-0.05, 0) is 42.5 Å². The van der Waals surface area contributed by atoms with Gasteiger partial charge in [0.2, 0.25) is 0 Å². The van der Waals surface area contributed by atoms with Crippen molar-refractivity contribution in [3.8, 4) is 0 Å². The van der Waals surface area contributed by atoms with Crippen LogP contribution in [0.15, 0.2) is 49.1 Å². The number of aryl methyl sites for hydroxylation is 1. The van der Waals surface area contributed by atoms with Gasteiger partial charge in [-0.2, -0.15) is 0 Å². The van der Waals surface area contributed by atoms with E-state index in [1.54, 1.807) is 18.6 Å². The van der Waals surface area contributed by atoms with E-state index in [0.29, 0.717) is 6.42 Å². The number of aliphatic hydroxyl groups excluding tert-OH is 1. The lowest BCUT2D eigenvalue weighted by Crippen LogP contribution is -2.11. The van der Waals surface area contributed by atoms with E-state index in [1.807, 2.05) is 30.5 Å². The first-order valence-corrected chi connectivity index (χ1v) is 5.80. The molecule has 0 bridgehead atoms. The van der Waals surface area contributed by atoms with E-state index >= 15 is 0 Å². The van der Waals surface area contributed by atoms with Crippen molar-refractivity contribution in [1.82, 2.24) is 9.97 Å². The summed E-state index contributed by atoms with van der Waals surface area (Å²) in [4.78, 5) is 8.09. The molecular formula is C14H16N2O. The summed E-state index contributed by atoms with van der Waals surface area (Å²) >= 11 is 0. The third-order valence-electron chi connectivity index (χ3n) is 2.68. The maximum absolute atomic E-state index is 9.92. The fourth-order valence-electron chi connectivity index (χ4n) is 1.77. The molecule has 0 radical (unpaired) electrons. The summed E-state index contributed by atoms with van der Waals surface area (Å²) in [5, 5.41) is 9.92. The molecule has 0 aliphatic carbocycles. The van der Waals surface area contributed by atoms with Gasteiger partial charge in [0.1, 0.15) is 0 Å². The molecule has 2 aromatic heterocycles. The molecule has 0 amide bonds. The predicted molar refractivity (Wildman–Crippen MR) is 66.5 cm³/mol. The average Bonchev–Trinajstić information content (AvgIpc) is 2.39. The molecular weight excluding hydrogens is 212 g/mol. The second-order valence-corrected chi connectivity index (χ2v) is 4.12. The van der Waals surface area contributed by atoms with Crippen LogP contribution in [0.3, 0.4) is 0 Å². The van der Waals surface area contributed by atoms with Gasteiger partial charge >= 0.3 is 0 Å². The van der Waals surface area contributed by atoms with Crippen molar-refractivity contribution in [3.05, 3.63) is 60.2 Å². The Morgan fingerprint density at radius 3 is 2.24 bits per heavy atom. The van der Waals surface area contributed by atoms with Gasteiger partial charge in [0.05, 0.1) is 6.10 Å². The molecule has 0 aliphatic rings. The fourth-order valence-corrected chi connectivity index (χ4v) is 1.77. The molecule has 0 aliphatic heterocycles. The molecule has 1 N–H and O–H groups in total. The number of nitrogens with zero attached hydrogens (tertiary/aromatic N) is 2. The standard InChI is InChI=1S/C14H16N2O/c17-14(9-13-4-2-8-16-11-13)6-5-12-3-1-7-15-10-12/h1-4,7-8,10-11,14,17H,5-6,9H2. The number of aromatic nitrogens is 2. The second kappa shape index (κ2) is 6.11.